The quantitative estimate of drug-likeness (QED) is 0.613. The zero-order chi connectivity index (χ0) is 12.3. The molecule has 0 bridgehead atoms. The molecule has 0 aliphatic rings. The summed E-state index contributed by atoms with van der Waals surface area (Å²) < 4.78 is 30.0. The molecule has 0 heterocycles. The van der Waals surface area contributed by atoms with Crippen LogP contribution in [-0.2, 0) is 16.5 Å². The van der Waals surface area contributed by atoms with E-state index in [1.54, 1.807) is 0 Å². The molecule has 0 amide bonds. The van der Waals surface area contributed by atoms with Crippen molar-refractivity contribution in [3.05, 3.63) is 48.0 Å². The third kappa shape index (κ3) is 4.37. The van der Waals surface area contributed by atoms with Crippen LogP contribution in [0.15, 0.2) is 42.5 Å². The number of aryl methyl sites for hydroxylation is 1. The van der Waals surface area contributed by atoms with Gasteiger partial charge in [0.25, 0.3) is 10.1 Å². The summed E-state index contributed by atoms with van der Waals surface area (Å²) in [5.41, 5.74) is 1.12. The van der Waals surface area contributed by atoms with Crippen LogP contribution >= 0.6 is 0 Å². The maximum absolute atomic E-state index is 10.6. The minimum atomic E-state index is -3.85. The van der Waals surface area contributed by atoms with Crippen molar-refractivity contribution >= 4 is 20.9 Å². The van der Waals surface area contributed by atoms with E-state index in [9.17, 15) is 8.42 Å². The second-order valence-corrected chi connectivity index (χ2v) is 5.60. The second kappa shape index (κ2) is 6.68. The molecule has 18 heavy (non-hydrogen) atoms. The number of benzene rings is 2. The first-order valence-corrected chi connectivity index (χ1v) is 7.09. The van der Waals surface area contributed by atoms with E-state index in [0.29, 0.717) is 12.8 Å². The molecule has 0 saturated heterocycles. The number of rotatable bonds is 4. The van der Waals surface area contributed by atoms with Gasteiger partial charge in [-0.1, -0.05) is 42.5 Å². The first kappa shape index (κ1) is 15.7. The van der Waals surface area contributed by atoms with Crippen LogP contribution in [0, 0.1) is 0 Å². The molecule has 2 rings (SSSR count). The fourth-order valence-corrected chi connectivity index (χ4v) is 2.46. The zero-order valence-corrected chi connectivity index (χ0v) is 13.2. The molecule has 0 spiro atoms. The molecule has 2 aromatic rings. The Kier molecular flexibility index (Phi) is 5.82. The Morgan fingerprint density at radius 2 is 1.67 bits per heavy atom. The molecule has 3 nitrogen and oxygen atoms in total. The topological polar surface area (TPSA) is 54.4 Å². The molecular weight excluding hydrogens is 259 g/mol. The largest absolute Gasteiger partial charge is 1.00 e. The monoisotopic (exact) mass is 273 g/mol. The maximum atomic E-state index is 10.6. The minimum Gasteiger partial charge on any atom is -0.286 e. The third-order valence-electron chi connectivity index (χ3n) is 2.73. The molecule has 0 aliphatic heterocycles. The summed E-state index contributed by atoms with van der Waals surface area (Å²) in [5, 5.41) is 2.29. The molecule has 0 radical (unpaired) electrons. The van der Waals surface area contributed by atoms with Gasteiger partial charge in [0.05, 0.1) is 5.75 Å². The van der Waals surface area contributed by atoms with Crippen LogP contribution in [-0.4, -0.2) is 18.7 Å². The van der Waals surface area contributed by atoms with Gasteiger partial charge < -0.3 is 0 Å². The van der Waals surface area contributed by atoms with E-state index in [1.165, 1.54) is 0 Å². The maximum Gasteiger partial charge on any atom is 1.00 e. The molecule has 1 N–H and O–H groups in total. The first-order valence-electron chi connectivity index (χ1n) is 5.48. The number of hydrogen-bond acceptors (Lipinski definition) is 2. The SMILES string of the molecule is O=S(=O)(O)CCCc1cccc2ccccc12.[Na+]. The van der Waals surface area contributed by atoms with Gasteiger partial charge in [0.15, 0.2) is 0 Å². The summed E-state index contributed by atoms with van der Waals surface area (Å²) in [5.74, 6) is -0.184. The molecule has 2 aromatic carbocycles. The Balaban J connectivity index is 0.00000162. The molecule has 0 unspecified atom stereocenters. The van der Waals surface area contributed by atoms with Crippen LogP contribution in [0.1, 0.15) is 12.0 Å². The molecule has 5 heteroatoms. The van der Waals surface area contributed by atoms with Crippen molar-refractivity contribution in [1.29, 1.82) is 0 Å². The van der Waals surface area contributed by atoms with Crippen molar-refractivity contribution in [2.45, 2.75) is 12.8 Å². The normalized spacial score (nSPS) is 11.2. The van der Waals surface area contributed by atoms with Crippen LogP contribution in [0.4, 0.5) is 0 Å². The summed E-state index contributed by atoms with van der Waals surface area (Å²) in [6, 6.07) is 14.0. The Morgan fingerprint density at radius 3 is 2.39 bits per heavy atom. The molecule has 0 atom stereocenters. The van der Waals surface area contributed by atoms with Gasteiger partial charge in [-0.15, -0.1) is 0 Å². The Bertz CT molecular complexity index is 618. The van der Waals surface area contributed by atoms with Crippen LogP contribution < -0.4 is 29.6 Å². The minimum absolute atomic E-state index is 0. The smallest absolute Gasteiger partial charge is 0.286 e. The zero-order valence-electron chi connectivity index (χ0n) is 10.3. The van der Waals surface area contributed by atoms with E-state index in [0.717, 1.165) is 16.3 Å². The van der Waals surface area contributed by atoms with Crippen molar-refractivity contribution in [1.82, 2.24) is 0 Å². The van der Waals surface area contributed by atoms with E-state index in [4.69, 9.17) is 4.55 Å². The molecular formula is C13H14NaO3S+. The predicted octanol–water partition coefficient (Wildman–Crippen LogP) is -0.336. The summed E-state index contributed by atoms with van der Waals surface area (Å²) in [6.07, 6.45) is 1.09. The van der Waals surface area contributed by atoms with E-state index in [2.05, 4.69) is 0 Å². The van der Waals surface area contributed by atoms with Gasteiger partial charge in [0.1, 0.15) is 0 Å². The van der Waals surface area contributed by atoms with E-state index < -0.39 is 10.1 Å². The molecule has 0 aliphatic carbocycles. The average molecular weight is 273 g/mol. The standard InChI is InChI=1S/C13H14O3S.Na/c14-17(15,16)10-4-8-12-7-3-6-11-5-1-2-9-13(11)12;/h1-3,5-7,9H,4,8,10H2,(H,14,15,16);/q;+1. The van der Waals surface area contributed by atoms with Gasteiger partial charge in [-0.2, -0.15) is 8.42 Å². The molecule has 0 saturated carbocycles. The van der Waals surface area contributed by atoms with E-state index in [-0.39, 0.29) is 35.3 Å². The predicted molar refractivity (Wildman–Crippen MR) is 68.7 cm³/mol. The number of fused-ring (bicyclic) bond motifs is 1. The van der Waals surface area contributed by atoms with Crippen LogP contribution in [0.5, 0.6) is 0 Å². The molecule has 0 fully saturated rings. The fraction of sp³-hybridized carbons (Fsp3) is 0.231. The van der Waals surface area contributed by atoms with Crippen molar-refractivity contribution in [2.24, 2.45) is 0 Å². The van der Waals surface area contributed by atoms with Gasteiger partial charge in [-0.05, 0) is 29.2 Å². The van der Waals surface area contributed by atoms with Crippen LogP contribution in [0.2, 0.25) is 0 Å². The summed E-state index contributed by atoms with van der Waals surface area (Å²) in [4.78, 5) is 0. The van der Waals surface area contributed by atoms with Crippen molar-refractivity contribution in [3.63, 3.8) is 0 Å². The van der Waals surface area contributed by atoms with Gasteiger partial charge >= 0.3 is 29.6 Å². The van der Waals surface area contributed by atoms with Gasteiger partial charge in [-0.25, -0.2) is 0 Å². The van der Waals surface area contributed by atoms with Crippen molar-refractivity contribution < 1.29 is 42.5 Å². The Morgan fingerprint density at radius 1 is 1.00 bits per heavy atom. The second-order valence-electron chi connectivity index (χ2n) is 4.03. The van der Waals surface area contributed by atoms with Crippen LogP contribution in [0.25, 0.3) is 10.8 Å². The van der Waals surface area contributed by atoms with Crippen LogP contribution in [0.3, 0.4) is 0 Å². The van der Waals surface area contributed by atoms with Crippen molar-refractivity contribution in [3.8, 4) is 0 Å². The fourth-order valence-electron chi connectivity index (χ4n) is 1.96. The molecule has 90 valence electrons. The Labute approximate surface area is 129 Å². The van der Waals surface area contributed by atoms with E-state index in [1.807, 2.05) is 42.5 Å². The van der Waals surface area contributed by atoms with E-state index >= 15 is 0 Å². The average Bonchev–Trinajstić information content (AvgIpc) is 2.28. The summed E-state index contributed by atoms with van der Waals surface area (Å²) in [7, 11) is -3.85. The third-order valence-corrected chi connectivity index (χ3v) is 3.53. The summed E-state index contributed by atoms with van der Waals surface area (Å²) >= 11 is 0. The summed E-state index contributed by atoms with van der Waals surface area (Å²) in [6.45, 7) is 0. The first-order chi connectivity index (χ1) is 8.06. The Hall–Kier alpha value is -0.390. The van der Waals surface area contributed by atoms with Gasteiger partial charge in [0, 0.05) is 0 Å². The van der Waals surface area contributed by atoms with Crippen molar-refractivity contribution in [2.75, 3.05) is 5.75 Å². The van der Waals surface area contributed by atoms with Gasteiger partial charge in [0.2, 0.25) is 0 Å². The molecule has 0 aromatic heterocycles. The van der Waals surface area contributed by atoms with Gasteiger partial charge in [-0.3, -0.25) is 4.55 Å². The number of hydrogen-bond donors (Lipinski definition) is 1.